The fourth-order valence-electron chi connectivity index (χ4n) is 2.26. The van der Waals surface area contributed by atoms with Crippen molar-refractivity contribution in [2.24, 2.45) is 10.7 Å². The number of aryl methyl sites for hydroxylation is 1. The maximum absolute atomic E-state index is 5.97. The van der Waals surface area contributed by atoms with Crippen LogP contribution >= 0.6 is 24.0 Å². The van der Waals surface area contributed by atoms with Gasteiger partial charge in [0.25, 0.3) is 0 Å². The summed E-state index contributed by atoms with van der Waals surface area (Å²) in [7, 11) is 1.69. The minimum Gasteiger partial charge on any atom is -0.383 e. The van der Waals surface area contributed by atoms with Crippen molar-refractivity contribution in [2.75, 3.05) is 30.9 Å². The molecule has 2 aromatic carbocycles. The van der Waals surface area contributed by atoms with E-state index < -0.39 is 0 Å². The van der Waals surface area contributed by atoms with Crippen LogP contribution in [0.25, 0.3) is 0 Å². The largest absolute Gasteiger partial charge is 0.383 e. The smallest absolute Gasteiger partial charge is 0.193 e. The quantitative estimate of drug-likeness (QED) is 0.245. The number of nitrogens with zero attached hydrogens (tertiary/aromatic N) is 1. The maximum Gasteiger partial charge on any atom is 0.193 e. The summed E-state index contributed by atoms with van der Waals surface area (Å²) < 4.78 is 5.01. The molecule has 0 saturated carbocycles. The Morgan fingerprint density at radius 1 is 1.08 bits per heavy atom. The summed E-state index contributed by atoms with van der Waals surface area (Å²) in [6.45, 7) is 4.16. The molecule has 25 heavy (non-hydrogen) atoms. The fraction of sp³-hybridized carbons (Fsp3) is 0.316. The number of halogens is 1. The lowest BCUT2D eigenvalue weighted by atomic mass is 10.1. The molecule has 0 radical (unpaired) electrons. The Hall–Kier alpha value is -1.80. The Morgan fingerprint density at radius 3 is 2.52 bits per heavy atom. The van der Waals surface area contributed by atoms with Gasteiger partial charge in [-0.05, 0) is 41.8 Å². The van der Waals surface area contributed by atoms with Gasteiger partial charge in [-0.1, -0.05) is 31.2 Å². The first kappa shape index (κ1) is 21.2. The zero-order valence-corrected chi connectivity index (χ0v) is 17.1. The number of rotatable bonds is 8. The van der Waals surface area contributed by atoms with Crippen molar-refractivity contribution in [3.05, 3.63) is 59.7 Å². The first-order chi connectivity index (χ1) is 11.7. The normalized spacial score (nSPS) is 10.9. The van der Waals surface area contributed by atoms with E-state index in [1.54, 1.807) is 7.11 Å². The molecule has 4 N–H and O–H groups in total. The molecule has 0 bridgehead atoms. The average Bonchev–Trinajstić information content (AvgIpc) is 2.61. The SMILES string of the molecule is CCc1cccc(NC(N)=NCc2ccc(NCCOC)cc2)c1.I. The number of guanidine groups is 1. The van der Waals surface area contributed by atoms with Crippen LogP contribution in [0.15, 0.2) is 53.5 Å². The molecule has 5 nitrogen and oxygen atoms in total. The van der Waals surface area contributed by atoms with Crippen LogP contribution in [0.2, 0.25) is 0 Å². The maximum atomic E-state index is 5.97. The molecule has 0 aromatic heterocycles. The number of ether oxygens (including phenoxy) is 1. The van der Waals surface area contributed by atoms with Gasteiger partial charge in [0.1, 0.15) is 0 Å². The van der Waals surface area contributed by atoms with Crippen molar-refractivity contribution in [3.63, 3.8) is 0 Å². The third kappa shape index (κ3) is 7.74. The summed E-state index contributed by atoms with van der Waals surface area (Å²) in [6, 6.07) is 16.4. The van der Waals surface area contributed by atoms with E-state index in [-0.39, 0.29) is 24.0 Å². The van der Waals surface area contributed by atoms with Crippen LogP contribution in [0.1, 0.15) is 18.1 Å². The molecule has 0 aliphatic rings. The number of methoxy groups -OCH3 is 1. The van der Waals surface area contributed by atoms with Gasteiger partial charge in [-0.2, -0.15) is 0 Å². The van der Waals surface area contributed by atoms with Crippen molar-refractivity contribution < 1.29 is 4.74 Å². The number of benzene rings is 2. The molecule has 0 spiro atoms. The average molecular weight is 454 g/mol. The molecule has 0 atom stereocenters. The van der Waals surface area contributed by atoms with E-state index in [0.29, 0.717) is 19.1 Å². The van der Waals surface area contributed by atoms with E-state index in [2.05, 4.69) is 34.7 Å². The Balaban J connectivity index is 0.00000312. The Morgan fingerprint density at radius 2 is 1.84 bits per heavy atom. The van der Waals surface area contributed by atoms with Crippen molar-refractivity contribution >= 4 is 41.3 Å². The first-order valence-corrected chi connectivity index (χ1v) is 8.19. The number of hydrogen-bond donors (Lipinski definition) is 3. The van der Waals surface area contributed by atoms with Crippen LogP contribution < -0.4 is 16.4 Å². The molecule has 0 saturated heterocycles. The third-order valence-electron chi connectivity index (χ3n) is 3.63. The molecule has 0 amide bonds. The fourth-order valence-corrected chi connectivity index (χ4v) is 2.26. The molecule has 0 unspecified atom stereocenters. The molecule has 0 aliphatic carbocycles. The predicted octanol–water partition coefficient (Wildman–Crippen LogP) is 3.85. The van der Waals surface area contributed by atoms with E-state index in [1.165, 1.54) is 5.56 Å². The molecule has 0 heterocycles. The second kappa shape index (κ2) is 11.7. The van der Waals surface area contributed by atoms with Crippen molar-refractivity contribution in [1.82, 2.24) is 0 Å². The van der Waals surface area contributed by atoms with Gasteiger partial charge in [0.15, 0.2) is 5.96 Å². The second-order valence-electron chi connectivity index (χ2n) is 5.50. The van der Waals surface area contributed by atoms with Gasteiger partial charge in [0, 0.05) is 25.0 Å². The summed E-state index contributed by atoms with van der Waals surface area (Å²) in [6.07, 6.45) is 0.997. The minimum absolute atomic E-state index is 0. The molecule has 0 aliphatic heterocycles. The Labute approximate surface area is 167 Å². The lowest BCUT2D eigenvalue weighted by Gasteiger charge is -2.08. The van der Waals surface area contributed by atoms with Crippen molar-refractivity contribution in [2.45, 2.75) is 19.9 Å². The second-order valence-corrected chi connectivity index (χ2v) is 5.50. The standard InChI is InChI=1S/C19H26N4O.HI/c1-3-15-5-4-6-18(13-15)23-19(20)22-14-16-7-9-17(10-8-16)21-11-12-24-2;/h4-10,13,21H,3,11-12,14H2,1-2H3,(H3,20,22,23);1H. The van der Waals surface area contributed by atoms with Crippen LogP contribution in [0.4, 0.5) is 11.4 Å². The van der Waals surface area contributed by atoms with E-state index in [9.17, 15) is 0 Å². The van der Waals surface area contributed by atoms with Gasteiger partial charge in [0.05, 0.1) is 13.2 Å². The molecule has 2 aromatic rings. The van der Waals surface area contributed by atoms with Crippen LogP contribution in [0.5, 0.6) is 0 Å². The van der Waals surface area contributed by atoms with Crippen molar-refractivity contribution in [1.29, 1.82) is 0 Å². The number of anilines is 2. The Kier molecular flexibility index (Phi) is 9.94. The molecule has 0 fully saturated rings. The van der Waals surface area contributed by atoms with Crippen molar-refractivity contribution in [3.8, 4) is 0 Å². The number of hydrogen-bond acceptors (Lipinski definition) is 3. The van der Waals surface area contributed by atoms with Crippen LogP contribution in [0.3, 0.4) is 0 Å². The first-order valence-electron chi connectivity index (χ1n) is 8.19. The van der Waals surface area contributed by atoms with E-state index in [4.69, 9.17) is 10.5 Å². The van der Waals surface area contributed by atoms with Crippen LogP contribution in [-0.4, -0.2) is 26.2 Å². The predicted molar refractivity (Wildman–Crippen MR) is 117 cm³/mol. The van der Waals surface area contributed by atoms with Gasteiger partial charge >= 0.3 is 0 Å². The molecule has 136 valence electrons. The third-order valence-corrected chi connectivity index (χ3v) is 3.63. The van der Waals surface area contributed by atoms with E-state index in [1.807, 2.05) is 36.4 Å². The lowest BCUT2D eigenvalue weighted by Crippen LogP contribution is -2.22. The van der Waals surface area contributed by atoms with Gasteiger partial charge < -0.3 is 21.1 Å². The van der Waals surface area contributed by atoms with Crippen LogP contribution in [0, 0.1) is 0 Å². The summed E-state index contributed by atoms with van der Waals surface area (Å²) in [5.74, 6) is 0.422. The number of aliphatic imine (C=N–C) groups is 1. The summed E-state index contributed by atoms with van der Waals surface area (Å²) in [5.41, 5.74) is 10.4. The summed E-state index contributed by atoms with van der Waals surface area (Å²) >= 11 is 0. The highest BCUT2D eigenvalue weighted by atomic mass is 127. The molecule has 2 rings (SSSR count). The Bertz CT molecular complexity index is 659. The topological polar surface area (TPSA) is 71.7 Å². The summed E-state index contributed by atoms with van der Waals surface area (Å²) in [4.78, 5) is 4.39. The van der Waals surface area contributed by atoms with Gasteiger partial charge in [-0.3, -0.25) is 0 Å². The number of nitrogens with one attached hydrogen (secondary N) is 2. The van der Waals surface area contributed by atoms with Gasteiger partial charge in [-0.15, -0.1) is 24.0 Å². The van der Waals surface area contributed by atoms with Crippen LogP contribution in [-0.2, 0) is 17.7 Å². The monoisotopic (exact) mass is 454 g/mol. The zero-order valence-electron chi connectivity index (χ0n) is 14.8. The van der Waals surface area contributed by atoms with E-state index in [0.717, 1.165) is 29.9 Å². The highest BCUT2D eigenvalue weighted by molar-refractivity contribution is 14.0. The number of nitrogens with two attached hydrogens (primary N) is 1. The highest BCUT2D eigenvalue weighted by Gasteiger charge is 1.98. The molecular formula is C19H27IN4O. The molecular weight excluding hydrogens is 427 g/mol. The minimum atomic E-state index is 0. The highest BCUT2D eigenvalue weighted by Crippen LogP contribution is 2.12. The molecule has 6 heteroatoms. The lowest BCUT2D eigenvalue weighted by molar-refractivity contribution is 0.211. The van der Waals surface area contributed by atoms with Gasteiger partial charge in [-0.25, -0.2) is 4.99 Å². The van der Waals surface area contributed by atoms with Gasteiger partial charge in [0.2, 0.25) is 0 Å². The summed E-state index contributed by atoms with van der Waals surface area (Å²) in [5, 5.41) is 6.42. The zero-order chi connectivity index (χ0) is 17.2. The van der Waals surface area contributed by atoms with E-state index >= 15 is 0 Å².